The number of ether oxygens (including phenoxy) is 1. The highest BCUT2D eigenvalue weighted by Gasteiger charge is 2.35. The first-order valence-electron chi connectivity index (χ1n) is 11.2. The molecule has 0 N–H and O–H groups in total. The minimum atomic E-state index is -0.758. The summed E-state index contributed by atoms with van der Waals surface area (Å²) in [5, 5.41) is 0. The van der Waals surface area contributed by atoms with Gasteiger partial charge in [-0.25, -0.2) is 9.78 Å². The number of piperidine rings is 1. The number of aromatic nitrogens is 2. The van der Waals surface area contributed by atoms with E-state index in [0.717, 1.165) is 67.9 Å². The molecule has 0 radical (unpaired) electrons. The van der Waals surface area contributed by atoms with Crippen molar-refractivity contribution >= 4 is 22.9 Å². The Morgan fingerprint density at radius 1 is 1.17 bits per heavy atom. The molecule has 30 heavy (non-hydrogen) atoms. The summed E-state index contributed by atoms with van der Waals surface area (Å²) in [4.78, 5) is 34.0. The van der Waals surface area contributed by atoms with Crippen LogP contribution in [0.2, 0.25) is 0 Å². The fourth-order valence-corrected chi connectivity index (χ4v) is 4.81. The molecule has 1 saturated heterocycles. The highest BCUT2D eigenvalue weighted by molar-refractivity contribution is 6.32. The van der Waals surface area contributed by atoms with E-state index in [9.17, 15) is 9.59 Å². The lowest BCUT2D eigenvalue weighted by Crippen LogP contribution is -2.45. The number of hydrogen-bond donors (Lipinski definition) is 0. The Labute approximate surface area is 178 Å². The van der Waals surface area contributed by atoms with E-state index >= 15 is 0 Å². The van der Waals surface area contributed by atoms with Crippen LogP contribution in [0.5, 0.6) is 0 Å². The zero-order chi connectivity index (χ0) is 21.3. The van der Waals surface area contributed by atoms with Crippen molar-refractivity contribution in [3.8, 4) is 0 Å². The van der Waals surface area contributed by atoms with Gasteiger partial charge in [-0.3, -0.25) is 4.79 Å². The van der Waals surface area contributed by atoms with Gasteiger partial charge < -0.3 is 19.1 Å². The molecule has 0 unspecified atom stereocenters. The van der Waals surface area contributed by atoms with E-state index in [2.05, 4.69) is 41.5 Å². The molecule has 0 saturated carbocycles. The van der Waals surface area contributed by atoms with Crippen LogP contribution in [0.4, 0.5) is 0 Å². The van der Waals surface area contributed by atoms with Crippen molar-refractivity contribution in [1.82, 2.24) is 19.4 Å². The van der Waals surface area contributed by atoms with Crippen molar-refractivity contribution in [3.05, 3.63) is 29.6 Å². The van der Waals surface area contributed by atoms with Crippen LogP contribution in [0.1, 0.15) is 51.0 Å². The topological polar surface area (TPSA) is 67.7 Å². The van der Waals surface area contributed by atoms with Crippen molar-refractivity contribution in [2.75, 3.05) is 32.8 Å². The number of benzene rings is 1. The highest BCUT2D eigenvalue weighted by atomic mass is 16.5. The highest BCUT2D eigenvalue weighted by Crippen LogP contribution is 2.35. The maximum atomic E-state index is 12.8. The Balaban J connectivity index is 1.63. The lowest BCUT2D eigenvalue weighted by Gasteiger charge is -2.38. The molecular weight excluding hydrogens is 380 g/mol. The SMILES string of the molecule is CCOC(=O)C(=O)N1C[C@@H](C)CC[C@@H]1c1ccc2c(c1)nc1n2CCN(CC)CC1. The van der Waals surface area contributed by atoms with Gasteiger partial charge >= 0.3 is 11.9 Å². The molecule has 1 fully saturated rings. The zero-order valence-corrected chi connectivity index (χ0v) is 18.3. The van der Waals surface area contributed by atoms with Crippen LogP contribution in [-0.2, 0) is 27.3 Å². The van der Waals surface area contributed by atoms with Crippen molar-refractivity contribution in [2.24, 2.45) is 5.92 Å². The smallest absolute Gasteiger partial charge is 0.397 e. The summed E-state index contributed by atoms with van der Waals surface area (Å²) >= 11 is 0. The van der Waals surface area contributed by atoms with Gasteiger partial charge in [0.2, 0.25) is 0 Å². The van der Waals surface area contributed by atoms with Crippen LogP contribution in [0.15, 0.2) is 18.2 Å². The van der Waals surface area contributed by atoms with Gasteiger partial charge in [-0.2, -0.15) is 0 Å². The molecule has 4 rings (SSSR count). The molecule has 0 spiro atoms. The summed E-state index contributed by atoms with van der Waals surface area (Å²) in [5.41, 5.74) is 3.18. The molecule has 2 atom stereocenters. The van der Waals surface area contributed by atoms with Gasteiger partial charge in [0, 0.05) is 32.6 Å². The Bertz CT molecular complexity index is 938. The Kier molecular flexibility index (Phi) is 6.09. The molecule has 2 aliphatic heterocycles. The molecule has 3 heterocycles. The van der Waals surface area contributed by atoms with Crippen molar-refractivity contribution in [3.63, 3.8) is 0 Å². The van der Waals surface area contributed by atoms with Gasteiger partial charge in [0.05, 0.1) is 23.7 Å². The van der Waals surface area contributed by atoms with Gasteiger partial charge in [0.15, 0.2) is 0 Å². The third kappa shape index (κ3) is 3.95. The Morgan fingerprint density at radius 2 is 2.00 bits per heavy atom. The summed E-state index contributed by atoms with van der Waals surface area (Å²) in [7, 11) is 0. The number of imidazole rings is 1. The van der Waals surface area contributed by atoms with Crippen molar-refractivity contribution < 1.29 is 14.3 Å². The normalized spacial score (nSPS) is 22.6. The van der Waals surface area contributed by atoms with Crippen LogP contribution >= 0.6 is 0 Å². The average molecular weight is 413 g/mol. The van der Waals surface area contributed by atoms with Crippen molar-refractivity contribution in [2.45, 2.75) is 52.6 Å². The third-order valence-corrected chi connectivity index (χ3v) is 6.50. The van der Waals surface area contributed by atoms with E-state index in [4.69, 9.17) is 9.72 Å². The summed E-state index contributed by atoms with van der Waals surface area (Å²) in [6, 6.07) is 6.24. The van der Waals surface area contributed by atoms with Crippen LogP contribution in [-0.4, -0.2) is 64.0 Å². The van der Waals surface area contributed by atoms with Crippen LogP contribution in [0, 0.1) is 5.92 Å². The molecule has 0 bridgehead atoms. The maximum Gasteiger partial charge on any atom is 0.397 e. The first-order chi connectivity index (χ1) is 14.5. The lowest BCUT2D eigenvalue weighted by molar-refractivity contribution is -0.162. The standard InChI is InChI=1S/C23H32N4O3/c1-4-25-11-10-21-24-18-14-17(7-9-20(18)26(21)13-12-25)19-8-6-16(3)15-27(19)22(28)23(29)30-5-2/h7,9,14,16,19H,4-6,8,10-13,15H2,1-3H3/t16-,19+/m0/s1. The molecule has 2 aliphatic rings. The van der Waals surface area contributed by atoms with Crippen LogP contribution in [0.3, 0.4) is 0 Å². The number of nitrogens with zero attached hydrogens (tertiary/aromatic N) is 4. The van der Waals surface area contributed by atoms with Gasteiger partial charge in [-0.15, -0.1) is 0 Å². The largest absolute Gasteiger partial charge is 0.459 e. The first-order valence-corrected chi connectivity index (χ1v) is 11.2. The number of carbonyl (C=O) groups excluding carboxylic acids is 2. The molecule has 2 aromatic rings. The van der Waals surface area contributed by atoms with Gasteiger partial charge in [-0.05, 0) is 49.9 Å². The average Bonchev–Trinajstić information content (AvgIpc) is 2.97. The molecule has 1 aromatic carbocycles. The second-order valence-electron chi connectivity index (χ2n) is 8.49. The van der Waals surface area contributed by atoms with E-state index in [1.807, 2.05) is 0 Å². The summed E-state index contributed by atoms with van der Waals surface area (Å²) in [6.45, 7) is 10.9. The van der Waals surface area contributed by atoms with E-state index in [1.54, 1.807) is 11.8 Å². The molecule has 0 aliphatic carbocycles. The fourth-order valence-electron chi connectivity index (χ4n) is 4.81. The number of amides is 1. The predicted octanol–water partition coefficient (Wildman–Crippen LogP) is 2.78. The maximum absolute atomic E-state index is 12.8. The van der Waals surface area contributed by atoms with E-state index < -0.39 is 11.9 Å². The summed E-state index contributed by atoms with van der Waals surface area (Å²) in [5.74, 6) is 0.212. The number of likely N-dealkylation sites (tertiary alicyclic amines) is 1. The summed E-state index contributed by atoms with van der Waals surface area (Å²) < 4.78 is 7.31. The second-order valence-corrected chi connectivity index (χ2v) is 8.49. The number of esters is 1. The number of hydrogen-bond acceptors (Lipinski definition) is 5. The fraction of sp³-hybridized carbons (Fsp3) is 0.609. The van der Waals surface area contributed by atoms with Gasteiger partial charge in [0.25, 0.3) is 0 Å². The molecular formula is C23H32N4O3. The van der Waals surface area contributed by atoms with Crippen LogP contribution in [0.25, 0.3) is 11.0 Å². The Hall–Kier alpha value is -2.41. The van der Waals surface area contributed by atoms with Crippen LogP contribution < -0.4 is 0 Å². The first kappa shape index (κ1) is 20.8. The van der Waals surface area contributed by atoms with E-state index in [0.29, 0.717) is 12.5 Å². The third-order valence-electron chi connectivity index (χ3n) is 6.50. The van der Waals surface area contributed by atoms with Crippen molar-refractivity contribution in [1.29, 1.82) is 0 Å². The quantitative estimate of drug-likeness (QED) is 0.573. The minimum absolute atomic E-state index is 0.111. The zero-order valence-electron chi connectivity index (χ0n) is 18.3. The van der Waals surface area contributed by atoms with Gasteiger partial charge in [0.1, 0.15) is 5.82 Å². The molecule has 7 nitrogen and oxygen atoms in total. The molecule has 7 heteroatoms. The van der Waals surface area contributed by atoms with E-state index in [-0.39, 0.29) is 12.6 Å². The Morgan fingerprint density at radius 3 is 2.77 bits per heavy atom. The van der Waals surface area contributed by atoms with Gasteiger partial charge in [-0.1, -0.05) is 19.9 Å². The minimum Gasteiger partial charge on any atom is -0.459 e. The summed E-state index contributed by atoms with van der Waals surface area (Å²) in [6.07, 6.45) is 2.82. The number of likely N-dealkylation sites (N-methyl/N-ethyl adjacent to an activating group) is 1. The number of rotatable bonds is 3. The number of carbonyl (C=O) groups is 2. The molecule has 1 amide bonds. The second kappa shape index (κ2) is 8.76. The van der Waals surface area contributed by atoms with E-state index in [1.165, 1.54) is 0 Å². The number of fused-ring (bicyclic) bond motifs is 3. The monoisotopic (exact) mass is 412 g/mol. The lowest BCUT2D eigenvalue weighted by atomic mass is 9.89. The molecule has 162 valence electrons. The molecule has 1 aromatic heterocycles. The predicted molar refractivity (Wildman–Crippen MR) is 115 cm³/mol.